The van der Waals surface area contributed by atoms with Gasteiger partial charge in [-0.2, -0.15) is 0 Å². The molecule has 0 spiro atoms. The Bertz CT molecular complexity index is 1570. The molecule has 5 aliphatic rings. The molecule has 4 fully saturated rings. The summed E-state index contributed by atoms with van der Waals surface area (Å²) in [4.78, 5) is 52.6. The van der Waals surface area contributed by atoms with Crippen LogP contribution in [0.15, 0.2) is 16.5 Å². The highest BCUT2D eigenvalue weighted by atomic mass is 16.6. The van der Waals surface area contributed by atoms with Gasteiger partial charge in [0.1, 0.15) is 22.7 Å². The lowest BCUT2D eigenvalue weighted by molar-refractivity contribution is -0.167. The number of carbonyl (C=O) groups is 4. The maximum atomic E-state index is 13.7. The van der Waals surface area contributed by atoms with E-state index >= 15 is 0 Å². The largest absolute Gasteiger partial charge is 0.447 e. The first kappa shape index (κ1) is 25.3. The molecule has 0 saturated heterocycles. The minimum atomic E-state index is -0.778. The highest BCUT2D eigenvalue weighted by molar-refractivity contribution is 6.21. The van der Waals surface area contributed by atoms with Crippen LogP contribution in [0.5, 0.6) is 17.2 Å². The number of fused-ring (bicyclic) bond motifs is 1. The molecule has 2 atom stereocenters. The van der Waals surface area contributed by atoms with Crippen molar-refractivity contribution in [2.75, 3.05) is 0 Å². The number of carbonyl (C=O) groups excluding carboxylic acids is 4. The summed E-state index contributed by atoms with van der Waals surface area (Å²) in [6, 6.07) is 3.70. The third kappa shape index (κ3) is 3.44. The second kappa shape index (κ2) is 8.41. The van der Waals surface area contributed by atoms with Gasteiger partial charge in [-0.25, -0.2) is 9.59 Å². The Kier molecular flexibility index (Phi) is 5.32. The number of furan rings is 2. The van der Waals surface area contributed by atoms with Crippen LogP contribution in [0.2, 0.25) is 0 Å². The minimum absolute atomic E-state index is 0.00419. The first-order valence-corrected chi connectivity index (χ1v) is 14.2. The van der Waals surface area contributed by atoms with Crippen molar-refractivity contribution in [2.24, 2.45) is 23.2 Å². The van der Waals surface area contributed by atoms with Crippen LogP contribution < -0.4 is 14.2 Å². The van der Waals surface area contributed by atoms with Gasteiger partial charge < -0.3 is 18.6 Å². The lowest BCUT2D eigenvalue weighted by atomic mass is 9.49. The van der Waals surface area contributed by atoms with Gasteiger partial charge in [0.15, 0.2) is 11.2 Å². The molecule has 0 radical (unpaired) electrons. The zero-order chi connectivity index (χ0) is 28.2. The molecule has 8 nitrogen and oxygen atoms in total. The Morgan fingerprint density at radius 3 is 2.15 bits per heavy atom. The summed E-state index contributed by atoms with van der Waals surface area (Å²) in [6.07, 6.45) is 3.32. The van der Waals surface area contributed by atoms with Gasteiger partial charge in [0.05, 0.1) is 5.41 Å². The predicted molar refractivity (Wildman–Crippen MR) is 143 cm³/mol. The number of rotatable bonds is 6. The van der Waals surface area contributed by atoms with Crippen molar-refractivity contribution in [3.05, 3.63) is 39.9 Å². The van der Waals surface area contributed by atoms with E-state index in [2.05, 4.69) is 34.6 Å². The fourth-order valence-electron chi connectivity index (χ4n) is 8.02. The van der Waals surface area contributed by atoms with Crippen LogP contribution >= 0.6 is 0 Å². The summed E-state index contributed by atoms with van der Waals surface area (Å²) in [6.45, 7) is 10.4. The lowest BCUT2D eigenvalue weighted by Gasteiger charge is -2.53. The molecule has 3 aromatic rings. The Labute approximate surface area is 231 Å². The molecule has 8 heteroatoms. The molecule has 0 N–H and O–H groups in total. The van der Waals surface area contributed by atoms with Gasteiger partial charge >= 0.3 is 17.9 Å². The highest BCUT2D eigenvalue weighted by Gasteiger charge is 2.59. The molecule has 1 aromatic carbocycles. The van der Waals surface area contributed by atoms with Crippen LogP contribution in [0.3, 0.4) is 0 Å². The molecule has 1 aliphatic heterocycles. The summed E-state index contributed by atoms with van der Waals surface area (Å²) < 4.78 is 22.9. The predicted octanol–water partition coefficient (Wildman–Crippen LogP) is 6.48. The molecule has 3 heterocycles. The van der Waals surface area contributed by atoms with E-state index < -0.39 is 23.3 Å². The zero-order valence-corrected chi connectivity index (χ0v) is 23.3. The number of benzene rings is 2. The van der Waals surface area contributed by atoms with Gasteiger partial charge in [0.25, 0.3) is 0 Å². The summed E-state index contributed by atoms with van der Waals surface area (Å²) in [5.74, 6) is -0.789. The van der Waals surface area contributed by atoms with Crippen molar-refractivity contribution in [3.8, 4) is 17.2 Å². The smallest absolute Gasteiger partial charge is 0.348 e. The number of ether oxygens (including phenoxy) is 3. The average Bonchev–Trinajstić information content (AvgIpc) is 3.51. The summed E-state index contributed by atoms with van der Waals surface area (Å²) >= 11 is 0. The fraction of sp³-hybridized carbons (Fsp3) is 0.500. The van der Waals surface area contributed by atoms with E-state index in [-0.39, 0.29) is 63.2 Å². The van der Waals surface area contributed by atoms with Crippen molar-refractivity contribution >= 4 is 34.9 Å². The van der Waals surface area contributed by atoms with Crippen LogP contribution in [0.1, 0.15) is 109 Å². The van der Waals surface area contributed by atoms with Crippen LogP contribution in [-0.4, -0.2) is 23.7 Å². The van der Waals surface area contributed by atoms with Crippen molar-refractivity contribution in [1.29, 1.82) is 0 Å². The van der Waals surface area contributed by atoms with Gasteiger partial charge in [-0.15, -0.1) is 0 Å². The number of Topliss-reactive ketones (excluding diaryl/α,β-unsaturated/α-hetero) is 1. The molecule has 2 aromatic heterocycles. The third-order valence-electron chi connectivity index (χ3n) is 9.67. The maximum Gasteiger partial charge on any atom is 0.348 e. The Balaban J connectivity index is 1.22. The first-order chi connectivity index (χ1) is 19.0. The van der Waals surface area contributed by atoms with Crippen LogP contribution in [-0.2, 0) is 9.59 Å². The molecule has 40 heavy (non-hydrogen) atoms. The van der Waals surface area contributed by atoms with Gasteiger partial charge in [0, 0.05) is 11.8 Å². The van der Waals surface area contributed by atoms with Crippen molar-refractivity contribution in [1.82, 2.24) is 0 Å². The summed E-state index contributed by atoms with van der Waals surface area (Å²) in [5.41, 5.74) is 2.53. The third-order valence-corrected chi connectivity index (χ3v) is 9.67. The first-order valence-electron chi connectivity index (χ1n) is 14.2. The van der Waals surface area contributed by atoms with E-state index in [1.54, 1.807) is 0 Å². The quantitative estimate of drug-likeness (QED) is 0.256. The minimum Gasteiger partial charge on any atom is -0.447 e. The SMILES string of the molecule is Cc1c(C(C)C)cc(OC(=O)c2c3c4oc2c(OC(=O)C25CC6CC(C2)C(=O)C(C6)C5)c4OC3=O)cc1C(C)C. The number of hydrogen-bond donors (Lipinski definition) is 0. The Hall–Kier alpha value is -3.68. The normalized spacial score (nSPS) is 26.4. The van der Waals surface area contributed by atoms with E-state index in [1.165, 1.54) is 0 Å². The molecule has 8 rings (SSSR count). The molecule has 4 aliphatic carbocycles. The standard InChI is InChI=1S/C32H32O8/c1-13(2)20-8-19(9-21(14(3)4)15(20)5)37-29(34)22-23-25-27(39-30(23)35)28(26(22)38-25)40-31(36)32-10-16-6-17(11-32)24(33)18(7-16)12-32/h8-9,13-14,16-18H,6-7,10-12H2,1-5H3. The fourth-order valence-corrected chi connectivity index (χ4v) is 8.02. The Morgan fingerprint density at radius 1 is 0.925 bits per heavy atom. The summed E-state index contributed by atoms with van der Waals surface area (Å²) in [5, 5.41) is 0. The Morgan fingerprint density at radius 2 is 1.55 bits per heavy atom. The second-order valence-electron chi connectivity index (χ2n) is 12.9. The highest BCUT2D eigenvalue weighted by Crippen LogP contribution is 2.60. The van der Waals surface area contributed by atoms with Crippen LogP contribution in [0.25, 0.3) is 11.2 Å². The number of hydrogen-bond acceptors (Lipinski definition) is 8. The van der Waals surface area contributed by atoms with Gasteiger partial charge in [-0.1, -0.05) is 27.7 Å². The van der Waals surface area contributed by atoms with Gasteiger partial charge in [-0.05, 0) is 85.6 Å². The molecule has 6 bridgehead atoms. The molecule has 0 amide bonds. The maximum absolute atomic E-state index is 13.7. The summed E-state index contributed by atoms with van der Waals surface area (Å²) in [7, 11) is 0. The van der Waals surface area contributed by atoms with E-state index in [0.29, 0.717) is 30.9 Å². The molecule has 208 valence electrons. The van der Waals surface area contributed by atoms with E-state index in [1.807, 2.05) is 12.1 Å². The molecular formula is C32H32O8. The van der Waals surface area contributed by atoms with E-state index in [0.717, 1.165) is 29.5 Å². The second-order valence-corrected chi connectivity index (χ2v) is 12.9. The monoisotopic (exact) mass is 544 g/mol. The topological polar surface area (TPSA) is 109 Å². The number of ketones is 1. The van der Waals surface area contributed by atoms with Crippen molar-refractivity contribution < 1.29 is 37.8 Å². The lowest BCUT2D eigenvalue weighted by Crippen LogP contribution is -2.55. The van der Waals surface area contributed by atoms with Crippen molar-refractivity contribution in [3.63, 3.8) is 0 Å². The van der Waals surface area contributed by atoms with Gasteiger partial charge in [-0.3, -0.25) is 9.59 Å². The molecular weight excluding hydrogens is 512 g/mol. The van der Waals surface area contributed by atoms with Crippen LogP contribution in [0.4, 0.5) is 0 Å². The number of esters is 3. The van der Waals surface area contributed by atoms with Crippen LogP contribution in [0, 0.1) is 30.1 Å². The van der Waals surface area contributed by atoms with Crippen molar-refractivity contribution in [2.45, 2.75) is 78.6 Å². The molecule has 4 saturated carbocycles. The van der Waals surface area contributed by atoms with E-state index in [9.17, 15) is 19.2 Å². The average molecular weight is 545 g/mol. The van der Waals surface area contributed by atoms with E-state index in [4.69, 9.17) is 18.6 Å². The van der Waals surface area contributed by atoms with Gasteiger partial charge in [0.2, 0.25) is 11.5 Å². The molecule has 2 unspecified atom stereocenters. The zero-order valence-electron chi connectivity index (χ0n) is 23.3.